The van der Waals surface area contributed by atoms with Gasteiger partial charge in [0.05, 0.1) is 11.9 Å². The van der Waals surface area contributed by atoms with Crippen LogP contribution < -0.4 is 5.32 Å². The molecular weight excluding hydrogens is 286 g/mol. The van der Waals surface area contributed by atoms with E-state index in [0.29, 0.717) is 6.04 Å². The summed E-state index contributed by atoms with van der Waals surface area (Å²) in [6.07, 6.45) is 4.37. The molecule has 16 heavy (non-hydrogen) atoms. The molecule has 2 aromatic rings. The highest BCUT2D eigenvalue weighted by atomic mass is 79.9. The van der Waals surface area contributed by atoms with Crippen LogP contribution in [0.5, 0.6) is 0 Å². The lowest BCUT2D eigenvalue weighted by Crippen LogP contribution is -2.13. The van der Waals surface area contributed by atoms with Gasteiger partial charge in [0.25, 0.3) is 0 Å². The van der Waals surface area contributed by atoms with E-state index in [4.69, 9.17) is 0 Å². The van der Waals surface area contributed by atoms with Gasteiger partial charge in [-0.1, -0.05) is 0 Å². The molecule has 0 amide bonds. The van der Waals surface area contributed by atoms with E-state index in [1.54, 1.807) is 11.3 Å². The van der Waals surface area contributed by atoms with Gasteiger partial charge >= 0.3 is 0 Å². The minimum Gasteiger partial charge on any atom is -0.309 e. The van der Waals surface area contributed by atoms with Gasteiger partial charge in [-0.15, -0.1) is 11.3 Å². The van der Waals surface area contributed by atoms with Gasteiger partial charge in [-0.3, -0.25) is 5.10 Å². The van der Waals surface area contributed by atoms with E-state index < -0.39 is 0 Å². The zero-order valence-corrected chi connectivity index (χ0v) is 11.1. The summed E-state index contributed by atoms with van der Waals surface area (Å²) in [6, 6.07) is 2.59. The second-order valence-electron chi connectivity index (χ2n) is 3.98. The summed E-state index contributed by atoms with van der Waals surface area (Å²) in [5.74, 6) is 0. The molecule has 1 aliphatic rings. The number of aromatic amines is 1. The van der Waals surface area contributed by atoms with Crippen molar-refractivity contribution in [3.05, 3.63) is 27.8 Å². The van der Waals surface area contributed by atoms with Gasteiger partial charge in [0.15, 0.2) is 0 Å². The second kappa shape index (κ2) is 4.31. The molecule has 2 aromatic heterocycles. The minimum atomic E-state index is 0.443. The van der Waals surface area contributed by atoms with Crippen molar-refractivity contribution in [1.29, 1.82) is 0 Å². The van der Waals surface area contributed by atoms with E-state index >= 15 is 0 Å². The highest BCUT2D eigenvalue weighted by Gasteiger charge is 2.21. The van der Waals surface area contributed by atoms with Crippen molar-refractivity contribution in [3.8, 4) is 10.4 Å². The summed E-state index contributed by atoms with van der Waals surface area (Å²) in [5, 5.41) is 12.9. The van der Waals surface area contributed by atoms with Crippen LogP contribution in [0, 0.1) is 0 Å². The van der Waals surface area contributed by atoms with Gasteiger partial charge in [0.2, 0.25) is 0 Å². The molecule has 1 saturated heterocycles. The maximum Gasteiger partial charge on any atom is 0.0608 e. The summed E-state index contributed by atoms with van der Waals surface area (Å²) >= 11 is 5.24. The van der Waals surface area contributed by atoms with Crippen molar-refractivity contribution in [2.45, 2.75) is 18.9 Å². The molecule has 1 aliphatic heterocycles. The Kier molecular flexibility index (Phi) is 2.83. The molecule has 1 fully saturated rings. The maximum absolute atomic E-state index is 4.18. The van der Waals surface area contributed by atoms with E-state index in [1.807, 2.05) is 6.20 Å². The van der Waals surface area contributed by atoms with E-state index in [1.165, 1.54) is 29.0 Å². The maximum atomic E-state index is 4.18. The Bertz CT molecular complexity index is 485. The van der Waals surface area contributed by atoms with Crippen LogP contribution in [0.4, 0.5) is 0 Å². The molecule has 5 heteroatoms. The van der Waals surface area contributed by atoms with E-state index in [2.05, 4.69) is 42.9 Å². The van der Waals surface area contributed by atoms with E-state index in [-0.39, 0.29) is 0 Å². The number of H-pyrrole nitrogens is 1. The number of thiophene rings is 1. The fourth-order valence-electron chi connectivity index (χ4n) is 2.14. The molecule has 1 unspecified atom stereocenters. The number of hydrogen-bond acceptors (Lipinski definition) is 3. The van der Waals surface area contributed by atoms with Crippen molar-refractivity contribution in [2.24, 2.45) is 0 Å². The summed E-state index contributed by atoms with van der Waals surface area (Å²) in [5.41, 5.74) is 2.46. The molecule has 0 aromatic carbocycles. The van der Waals surface area contributed by atoms with Crippen molar-refractivity contribution in [2.75, 3.05) is 6.54 Å². The third-order valence-electron chi connectivity index (χ3n) is 2.91. The Morgan fingerprint density at radius 1 is 1.50 bits per heavy atom. The standard InChI is InChI=1S/C11H12BrN3S/c12-7-4-10(16-6-7)8-5-14-15-11(8)9-2-1-3-13-9/h4-6,9,13H,1-3H2,(H,14,15). The Labute approximate surface area is 106 Å². The average Bonchev–Trinajstić information content (AvgIpc) is 2.96. The lowest BCUT2D eigenvalue weighted by atomic mass is 10.1. The first-order valence-electron chi connectivity index (χ1n) is 5.35. The number of nitrogens with one attached hydrogen (secondary N) is 2. The van der Waals surface area contributed by atoms with Crippen LogP contribution in [0.25, 0.3) is 10.4 Å². The van der Waals surface area contributed by atoms with E-state index in [9.17, 15) is 0 Å². The molecule has 1 atom stereocenters. The summed E-state index contributed by atoms with van der Waals surface area (Å²) < 4.78 is 1.14. The van der Waals surface area contributed by atoms with Crippen LogP contribution in [-0.4, -0.2) is 16.7 Å². The van der Waals surface area contributed by atoms with Crippen LogP contribution in [0.3, 0.4) is 0 Å². The van der Waals surface area contributed by atoms with Crippen LogP contribution in [0.2, 0.25) is 0 Å². The lowest BCUT2D eigenvalue weighted by molar-refractivity contribution is 0.627. The predicted octanol–water partition coefficient (Wildman–Crippen LogP) is 3.33. The Morgan fingerprint density at radius 3 is 3.12 bits per heavy atom. The van der Waals surface area contributed by atoms with Crippen LogP contribution >= 0.6 is 27.3 Å². The molecule has 0 radical (unpaired) electrons. The number of nitrogens with zero attached hydrogens (tertiary/aromatic N) is 1. The van der Waals surface area contributed by atoms with E-state index in [0.717, 1.165) is 11.0 Å². The number of hydrogen-bond donors (Lipinski definition) is 2. The first kappa shape index (κ1) is 10.5. The lowest BCUT2D eigenvalue weighted by Gasteiger charge is -2.09. The van der Waals surface area contributed by atoms with Gasteiger partial charge < -0.3 is 5.32 Å². The smallest absolute Gasteiger partial charge is 0.0608 e. The zero-order chi connectivity index (χ0) is 11.0. The minimum absolute atomic E-state index is 0.443. The first-order chi connectivity index (χ1) is 7.84. The zero-order valence-electron chi connectivity index (χ0n) is 8.66. The van der Waals surface area contributed by atoms with Crippen LogP contribution in [0.1, 0.15) is 24.6 Å². The number of aromatic nitrogens is 2. The highest BCUT2D eigenvalue weighted by Crippen LogP contribution is 2.35. The molecular formula is C11H12BrN3S. The van der Waals surface area contributed by atoms with Crippen molar-refractivity contribution in [1.82, 2.24) is 15.5 Å². The number of rotatable bonds is 2. The Hall–Kier alpha value is -0.650. The van der Waals surface area contributed by atoms with Gasteiger partial charge in [-0.2, -0.15) is 5.10 Å². The molecule has 84 valence electrons. The quantitative estimate of drug-likeness (QED) is 0.893. The second-order valence-corrected chi connectivity index (χ2v) is 5.80. The molecule has 3 nitrogen and oxygen atoms in total. The third kappa shape index (κ3) is 1.83. The fourth-order valence-corrected chi connectivity index (χ4v) is 3.60. The van der Waals surface area contributed by atoms with Gasteiger partial charge in [-0.25, -0.2) is 0 Å². The Balaban J connectivity index is 1.98. The van der Waals surface area contributed by atoms with Crippen LogP contribution in [-0.2, 0) is 0 Å². The molecule has 0 spiro atoms. The van der Waals surface area contributed by atoms with Crippen molar-refractivity contribution in [3.63, 3.8) is 0 Å². The fraction of sp³-hybridized carbons (Fsp3) is 0.364. The third-order valence-corrected chi connectivity index (χ3v) is 4.63. The molecule has 0 bridgehead atoms. The van der Waals surface area contributed by atoms with Gasteiger partial charge in [0, 0.05) is 26.3 Å². The van der Waals surface area contributed by atoms with Crippen molar-refractivity contribution >= 4 is 27.3 Å². The topological polar surface area (TPSA) is 40.7 Å². The summed E-state index contributed by atoms with van der Waals surface area (Å²) in [7, 11) is 0. The summed E-state index contributed by atoms with van der Waals surface area (Å²) in [4.78, 5) is 1.27. The number of halogens is 1. The monoisotopic (exact) mass is 297 g/mol. The van der Waals surface area contributed by atoms with Gasteiger partial charge in [0.1, 0.15) is 0 Å². The first-order valence-corrected chi connectivity index (χ1v) is 7.03. The summed E-state index contributed by atoms with van der Waals surface area (Å²) in [6.45, 7) is 1.11. The predicted molar refractivity (Wildman–Crippen MR) is 69.6 cm³/mol. The molecule has 0 aliphatic carbocycles. The van der Waals surface area contributed by atoms with Crippen molar-refractivity contribution < 1.29 is 0 Å². The molecule has 3 heterocycles. The molecule has 2 N–H and O–H groups in total. The molecule has 3 rings (SSSR count). The van der Waals surface area contributed by atoms with Crippen LogP contribution in [0.15, 0.2) is 22.1 Å². The average molecular weight is 298 g/mol. The largest absolute Gasteiger partial charge is 0.309 e. The normalized spacial score (nSPS) is 20.4. The molecule has 0 saturated carbocycles. The highest BCUT2D eigenvalue weighted by molar-refractivity contribution is 9.10. The van der Waals surface area contributed by atoms with Gasteiger partial charge in [-0.05, 0) is 41.4 Å². The Morgan fingerprint density at radius 2 is 2.44 bits per heavy atom. The SMILES string of the molecule is Brc1csc(-c2cn[nH]c2C2CCCN2)c1.